The number of aliphatic hydroxyl groups excluding tert-OH is 3. The second-order valence-corrected chi connectivity index (χ2v) is 5.22. The Bertz CT molecular complexity index is 312. The first kappa shape index (κ1) is 28.1. The van der Waals surface area contributed by atoms with Crippen molar-refractivity contribution < 1.29 is 45.0 Å². The molecule has 0 aromatic heterocycles. The van der Waals surface area contributed by atoms with E-state index in [9.17, 15) is 14.4 Å². The van der Waals surface area contributed by atoms with Crippen molar-refractivity contribution in [2.45, 2.75) is 70.8 Å². The standard InChI is InChI=1S/C7H14O2.C6H10O4.C3H8O3/c1-2-3-4-5-6-7(8)9;7-5(8)3-1-2-4-6(9)10;4-1-3(6)2-5/h2-6H2,1H3,(H,8,9);1-4H2,(H,7,8)(H,9,10);3-6H,1-2H2. The number of carboxylic acids is 3. The van der Waals surface area contributed by atoms with E-state index in [0.29, 0.717) is 19.3 Å². The van der Waals surface area contributed by atoms with Gasteiger partial charge in [0.1, 0.15) is 6.10 Å². The van der Waals surface area contributed by atoms with Crippen LogP contribution in [0.1, 0.15) is 64.7 Å². The van der Waals surface area contributed by atoms with E-state index in [0.717, 1.165) is 19.3 Å². The van der Waals surface area contributed by atoms with Gasteiger partial charge < -0.3 is 30.6 Å². The van der Waals surface area contributed by atoms with Gasteiger partial charge in [-0.05, 0) is 19.3 Å². The Morgan fingerprint density at radius 2 is 1.00 bits per heavy atom. The zero-order valence-electron chi connectivity index (χ0n) is 14.8. The average molecular weight is 368 g/mol. The maximum Gasteiger partial charge on any atom is 0.303 e. The summed E-state index contributed by atoms with van der Waals surface area (Å²) in [5.41, 5.74) is 0. The van der Waals surface area contributed by atoms with Crippen LogP contribution >= 0.6 is 0 Å². The van der Waals surface area contributed by atoms with Gasteiger partial charge in [-0.3, -0.25) is 14.4 Å². The molecule has 0 rings (SSSR count). The molecule has 0 heterocycles. The van der Waals surface area contributed by atoms with Crippen LogP contribution in [-0.2, 0) is 14.4 Å². The topological polar surface area (TPSA) is 173 Å². The van der Waals surface area contributed by atoms with Crippen molar-refractivity contribution in [2.75, 3.05) is 13.2 Å². The molecule has 25 heavy (non-hydrogen) atoms. The molecule has 150 valence electrons. The number of aliphatic hydroxyl groups is 3. The minimum absolute atomic E-state index is 0.0628. The molecule has 0 saturated heterocycles. The quantitative estimate of drug-likeness (QED) is 0.276. The maximum absolute atomic E-state index is 9.96. The van der Waals surface area contributed by atoms with E-state index in [1.807, 2.05) is 0 Å². The van der Waals surface area contributed by atoms with Crippen molar-refractivity contribution in [3.63, 3.8) is 0 Å². The summed E-state index contributed by atoms with van der Waals surface area (Å²) < 4.78 is 0. The summed E-state index contributed by atoms with van der Waals surface area (Å²) in [6.07, 6.45) is 4.62. The van der Waals surface area contributed by atoms with Crippen LogP contribution in [0.2, 0.25) is 0 Å². The van der Waals surface area contributed by atoms with Crippen molar-refractivity contribution in [3.8, 4) is 0 Å². The second-order valence-electron chi connectivity index (χ2n) is 5.22. The highest BCUT2D eigenvalue weighted by Gasteiger charge is 1.99. The number of carbonyl (C=O) groups is 3. The van der Waals surface area contributed by atoms with E-state index in [2.05, 4.69) is 6.92 Å². The molecule has 0 aliphatic rings. The van der Waals surface area contributed by atoms with E-state index < -0.39 is 24.0 Å². The molecule has 0 atom stereocenters. The van der Waals surface area contributed by atoms with Crippen LogP contribution in [0.4, 0.5) is 0 Å². The van der Waals surface area contributed by atoms with E-state index in [1.54, 1.807) is 0 Å². The molecular formula is C16H32O9. The Labute approximate surface area is 147 Å². The van der Waals surface area contributed by atoms with E-state index in [4.69, 9.17) is 30.6 Å². The molecule has 0 aromatic carbocycles. The molecule has 9 nitrogen and oxygen atoms in total. The fourth-order valence-electron chi connectivity index (χ4n) is 1.31. The molecule has 0 unspecified atom stereocenters. The Morgan fingerprint density at radius 1 is 0.680 bits per heavy atom. The van der Waals surface area contributed by atoms with E-state index in [1.165, 1.54) is 6.42 Å². The second kappa shape index (κ2) is 22.3. The Kier molecular flexibility index (Phi) is 25.1. The number of carboxylic acid groups (broad SMARTS) is 3. The van der Waals surface area contributed by atoms with Gasteiger partial charge in [-0.15, -0.1) is 0 Å². The van der Waals surface area contributed by atoms with E-state index in [-0.39, 0.29) is 26.1 Å². The van der Waals surface area contributed by atoms with Crippen LogP contribution in [0.5, 0.6) is 0 Å². The van der Waals surface area contributed by atoms with Gasteiger partial charge in [-0.25, -0.2) is 0 Å². The lowest BCUT2D eigenvalue weighted by molar-refractivity contribution is -0.139. The molecule has 0 aromatic rings. The molecule has 0 spiro atoms. The van der Waals surface area contributed by atoms with Crippen LogP contribution in [0, 0.1) is 0 Å². The van der Waals surface area contributed by atoms with Gasteiger partial charge in [-0.1, -0.05) is 26.2 Å². The molecule has 0 radical (unpaired) electrons. The van der Waals surface area contributed by atoms with Gasteiger partial charge in [0.2, 0.25) is 0 Å². The first-order valence-electron chi connectivity index (χ1n) is 8.26. The summed E-state index contributed by atoms with van der Waals surface area (Å²) in [4.78, 5) is 29.8. The third-order valence-electron chi connectivity index (χ3n) is 2.70. The lowest BCUT2D eigenvalue weighted by atomic mass is 10.2. The van der Waals surface area contributed by atoms with Gasteiger partial charge in [0, 0.05) is 19.3 Å². The van der Waals surface area contributed by atoms with Crippen LogP contribution in [0.3, 0.4) is 0 Å². The van der Waals surface area contributed by atoms with Crippen LogP contribution in [0.25, 0.3) is 0 Å². The zero-order valence-corrected chi connectivity index (χ0v) is 14.8. The monoisotopic (exact) mass is 368 g/mol. The molecule has 0 bridgehead atoms. The van der Waals surface area contributed by atoms with E-state index >= 15 is 0 Å². The zero-order chi connectivity index (χ0) is 20.1. The van der Waals surface area contributed by atoms with Gasteiger partial charge in [-0.2, -0.15) is 0 Å². The first-order chi connectivity index (χ1) is 11.7. The Morgan fingerprint density at radius 3 is 1.20 bits per heavy atom. The molecule has 0 amide bonds. The lowest BCUT2D eigenvalue weighted by Crippen LogP contribution is -2.15. The molecule has 0 saturated carbocycles. The van der Waals surface area contributed by atoms with Crippen molar-refractivity contribution in [1.29, 1.82) is 0 Å². The summed E-state index contributed by atoms with van der Waals surface area (Å²) in [6.45, 7) is 1.38. The molecule has 0 fully saturated rings. The maximum atomic E-state index is 9.96. The predicted molar refractivity (Wildman–Crippen MR) is 90.3 cm³/mol. The van der Waals surface area contributed by atoms with Gasteiger partial charge in [0.25, 0.3) is 0 Å². The van der Waals surface area contributed by atoms with Crippen LogP contribution < -0.4 is 0 Å². The highest BCUT2D eigenvalue weighted by Crippen LogP contribution is 2.01. The van der Waals surface area contributed by atoms with Gasteiger partial charge in [0.15, 0.2) is 0 Å². The fraction of sp³-hybridized carbons (Fsp3) is 0.812. The molecule has 9 heteroatoms. The number of rotatable bonds is 12. The van der Waals surface area contributed by atoms with Gasteiger partial charge in [0.05, 0.1) is 13.2 Å². The van der Waals surface area contributed by atoms with Crippen molar-refractivity contribution in [1.82, 2.24) is 0 Å². The lowest BCUT2D eigenvalue weighted by Gasteiger charge is -1.96. The summed E-state index contributed by atoms with van der Waals surface area (Å²) in [5, 5.41) is 48.5. The predicted octanol–water partition coefficient (Wildman–Crippen LogP) is 1.09. The van der Waals surface area contributed by atoms with Crippen molar-refractivity contribution >= 4 is 17.9 Å². The Hall–Kier alpha value is -1.71. The third-order valence-corrected chi connectivity index (χ3v) is 2.70. The SMILES string of the molecule is CCCCCCC(=O)O.O=C(O)CCCCC(=O)O.OCC(O)CO. The number of aliphatic carboxylic acids is 3. The number of unbranched alkanes of at least 4 members (excludes halogenated alkanes) is 4. The fourth-order valence-corrected chi connectivity index (χ4v) is 1.31. The summed E-state index contributed by atoms with van der Waals surface area (Å²) in [7, 11) is 0. The summed E-state index contributed by atoms with van der Waals surface area (Å²) in [6, 6.07) is 0. The highest BCUT2D eigenvalue weighted by molar-refractivity contribution is 5.68. The highest BCUT2D eigenvalue weighted by atomic mass is 16.4. The Balaban J connectivity index is -0.000000300. The normalized spacial score (nSPS) is 9.48. The van der Waals surface area contributed by atoms with Crippen molar-refractivity contribution in [3.05, 3.63) is 0 Å². The van der Waals surface area contributed by atoms with Crippen molar-refractivity contribution in [2.24, 2.45) is 0 Å². The first-order valence-corrected chi connectivity index (χ1v) is 8.26. The number of hydrogen-bond donors (Lipinski definition) is 6. The van der Waals surface area contributed by atoms with Gasteiger partial charge >= 0.3 is 17.9 Å². The summed E-state index contributed by atoms with van der Waals surface area (Å²) >= 11 is 0. The molecular weight excluding hydrogens is 336 g/mol. The smallest absolute Gasteiger partial charge is 0.303 e. The van der Waals surface area contributed by atoms with Crippen LogP contribution in [0.15, 0.2) is 0 Å². The minimum atomic E-state index is -0.954. The molecule has 0 aliphatic heterocycles. The largest absolute Gasteiger partial charge is 0.481 e. The average Bonchev–Trinajstić information content (AvgIpc) is 2.55. The summed E-state index contributed by atoms with van der Waals surface area (Å²) in [5.74, 6) is -2.41. The van der Waals surface area contributed by atoms with Crippen LogP contribution in [-0.4, -0.2) is 67.9 Å². The minimum Gasteiger partial charge on any atom is -0.481 e. The molecule has 0 aliphatic carbocycles. The molecule has 6 N–H and O–H groups in total. The number of hydrogen-bond acceptors (Lipinski definition) is 6. The third kappa shape index (κ3) is 39.3.